The van der Waals surface area contributed by atoms with Crippen LogP contribution < -0.4 is 0 Å². The van der Waals surface area contributed by atoms with Crippen LogP contribution in [0.15, 0.2) is 12.2 Å². The van der Waals surface area contributed by atoms with Crippen molar-refractivity contribution in [1.82, 2.24) is 4.90 Å². The van der Waals surface area contributed by atoms with Gasteiger partial charge in [-0.05, 0) is 26.2 Å². The van der Waals surface area contributed by atoms with Crippen molar-refractivity contribution in [2.45, 2.75) is 39.0 Å². The third kappa shape index (κ3) is 7.57. The van der Waals surface area contributed by atoms with Gasteiger partial charge in [-0.1, -0.05) is 18.6 Å². The molecule has 0 aliphatic rings. The Hall–Kier alpha value is -0.790. The molecule has 0 radical (unpaired) electrons. The largest absolute Gasteiger partial charge is 0.349 e. The highest BCUT2D eigenvalue weighted by atomic mass is 16.2. The van der Waals surface area contributed by atoms with Gasteiger partial charge >= 0.3 is 0 Å². The zero-order valence-corrected chi connectivity index (χ0v) is 9.05. The van der Waals surface area contributed by atoms with Crippen molar-refractivity contribution in [3.05, 3.63) is 12.2 Å². The van der Waals surface area contributed by atoms with E-state index in [1.807, 2.05) is 21.0 Å². The Labute approximate surface area is 81.6 Å². The van der Waals surface area contributed by atoms with Crippen LogP contribution in [-0.2, 0) is 4.79 Å². The predicted octanol–water partition coefficient (Wildman–Crippen LogP) is 2.60. The molecule has 0 aliphatic carbocycles. The van der Waals surface area contributed by atoms with Gasteiger partial charge in [0.25, 0.3) is 0 Å². The van der Waals surface area contributed by atoms with Crippen molar-refractivity contribution in [2.75, 3.05) is 14.1 Å². The summed E-state index contributed by atoms with van der Waals surface area (Å²) in [4.78, 5) is 12.8. The predicted molar refractivity (Wildman–Crippen MR) is 56.6 cm³/mol. The highest BCUT2D eigenvalue weighted by molar-refractivity contribution is 5.75. The number of unbranched alkanes of at least 4 members (excludes halogenated alkanes) is 3. The van der Waals surface area contributed by atoms with Crippen LogP contribution >= 0.6 is 0 Å². The number of nitrogens with zero attached hydrogens (tertiary/aromatic N) is 1. The number of hydrogen-bond acceptors (Lipinski definition) is 1. The molecule has 0 atom stereocenters. The second-order valence-corrected chi connectivity index (χ2v) is 3.46. The summed E-state index contributed by atoms with van der Waals surface area (Å²) in [6, 6.07) is 0. The van der Waals surface area contributed by atoms with Crippen LogP contribution in [0.1, 0.15) is 39.0 Å². The maximum atomic E-state index is 11.1. The second kappa shape index (κ2) is 7.84. The van der Waals surface area contributed by atoms with E-state index in [2.05, 4.69) is 12.2 Å². The van der Waals surface area contributed by atoms with Crippen molar-refractivity contribution >= 4 is 5.91 Å². The molecule has 0 aromatic rings. The number of allylic oxidation sites excluding steroid dienone is 2. The van der Waals surface area contributed by atoms with Crippen LogP contribution in [0.4, 0.5) is 0 Å². The fourth-order valence-electron chi connectivity index (χ4n) is 1.11. The lowest BCUT2D eigenvalue weighted by Crippen LogP contribution is -2.20. The molecule has 2 nitrogen and oxygen atoms in total. The summed E-state index contributed by atoms with van der Waals surface area (Å²) in [7, 11) is 3.62. The lowest BCUT2D eigenvalue weighted by atomic mass is 10.1. The smallest absolute Gasteiger partial charge is 0.222 e. The number of amides is 1. The molecule has 76 valence electrons. The first-order valence-electron chi connectivity index (χ1n) is 4.99. The SMILES string of the molecule is C/C=C/CCCCCC(=O)N(C)C. The standard InChI is InChI=1S/C11H21NO/c1-4-5-6-7-8-9-10-11(13)12(2)3/h4-5H,6-10H2,1-3H3/b5-4+. The molecule has 0 unspecified atom stereocenters. The monoisotopic (exact) mass is 183 g/mol. The molecule has 0 N–H and O–H groups in total. The first kappa shape index (κ1) is 12.2. The van der Waals surface area contributed by atoms with Crippen LogP contribution in [-0.4, -0.2) is 24.9 Å². The molecule has 0 saturated carbocycles. The van der Waals surface area contributed by atoms with Crippen LogP contribution in [0.2, 0.25) is 0 Å². The Morgan fingerprint density at radius 1 is 1.23 bits per heavy atom. The van der Waals surface area contributed by atoms with Gasteiger partial charge in [-0.3, -0.25) is 4.79 Å². The average molecular weight is 183 g/mol. The summed E-state index contributed by atoms with van der Waals surface area (Å²) in [6.45, 7) is 2.04. The molecule has 0 aliphatic heterocycles. The Morgan fingerprint density at radius 2 is 1.92 bits per heavy atom. The minimum absolute atomic E-state index is 0.242. The van der Waals surface area contributed by atoms with Gasteiger partial charge in [0.15, 0.2) is 0 Å². The second-order valence-electron chi connectivity index (χ2n) is 3.46. The minimum Gasteiger partial charge on any atom is -0.349 e. The molecule has 0 spiro atoms. The maximum Gasteiger partial charge on any atom is 0.222 e. The number of rotatable bonds is 6. The van der Waals surface area contributed by atoms with Crippen LogP contribution in [0.25, 0.3) is 0 Å². The third-order valence-corrected chi connectivity index (χ3v) is 2.00. The molecule has 0 aromatic heterocycles. The lowest BCUT2D eigenvalue weighted by molar-refractivity contribution is -0.128. The van der Waals surface area contributed by atoms with E-state index in [1.165, 1.54) is 6.42 Å². The Morgan fingerprint density at radius 3 is 2.46 bits per heavy atom. The van der Waals surface area contributed by atoms with Crippen molar-refractivity contribution in [3.8, 4) is 0 Å². The third-order valence-electron chi connectivity index (χ3n) is 2.00. The quantitative estimate of drug-likeness (QED) is 0.458. The summed E-state index contributed by atoms with van der Waals surface area (Å²) < 4.78 is 0. The summed E-state index contributed by atoms with van der Waals surface area (Å²) in [5.74, 6) is 0.242. The Balaban J connectivity index is 3.21. The number of carbonyl (C=O) groups is 1. The van der Waals surface area contributed by atoms with Crippen molar-refractivity contribution in [2.24, 2.45) is 0 Å². The van der Waals surface area contributed by atoms with Crippen LogP contribution in [0.5, 0.6) is 0 Å². The van der Waals surface area contributed by atoms with E-state index in [-0.39, 0.29) is 5.91 Å². The van der Waals surface area contributed by atoms with E-state index >= 15 is 0 Å². The molecule has 0 bridgehead atoms. The van der Waals surface area contributed by atoms with E-state index in [1.54, 1.807) is 4.90 Å². The molecular weight excluding hydrogens is 162 g/mol. The van der Waals surface area contributed by atoms with E-state index in [4.69, 9.17) is 0 Å². The van der Waals surface area contributed by atoms with Gasteiger partial charge in [-0.2, -0.15) is 0 Å². The van der Waals surface area contributed by atoms with Gasteiger partial charge in [0.05, 0.1) is 0 Å². The van der Waals surface area contributed by atoms with Crippen molar-refractivity contribution < 1.29 is 4.79 Å². The Bertz CT molecular complexity index is 161. The summed E-state index contributed by atoms with van der Waals surface area (Å²) in [6.07, 6.45) is 9.47. The molecule has 13 heavy (non-hydrogen) atoms. The fraction of sp³-hybridized carbons (Fsp3) is 0.727. The van der Waals surface area contributed by atoms with Gasteiger partial charge < -0.3 is 4.90 Å². The Kier molecular flexibility index (Phi) is 7.36. The molecular formula is C11H21NO. The van der Waals surface area contributed by atoms with E-state index in [0.717, 1.165) is 19.3 Å². The topological polar surface area (TPSA) is 20.3 Å². The molecule has 0 rings (SSSR count). The number of hydrogen-bond donors (Lipinski definition) is 0. The van der Waals surface area contributed by atoms with Crippen molar-refractivity contribution in [1.29, 1.82) is 0 Å². The maximum absolute atomic E-state index is 11.1. The molecule has 2 heteroatoms. The number of carbonyl (C=O) groups excluding carboxylic acids is 1. The molecule has 0 fully saturated rings. The molecule has 1 amide bonds. The van der Waals surface area contributed by atoms with E-state index in [0.29, 0.717) is 6.42 Å². The zero-order valence-electron chi connectivity index (χ0n) is 9.05. The minimum atomic E-state index is 0.242. The summed E-state index contributed by atoms with van der Waals surface area (Å²) in [5.41, 5.74) is 0. The van der Waals surface area contributed by atoms with Gasteiger partial charge in [0.2, 0.25) is 5.91 Å². The fourth-order valence-corrected chi connectivity index (χ4v) is 1.11. The molecule has 0 saturated heterocycles. The van der Waals surface area contributed by atoms with Crippen LogP contribution in [0, 0.1) is 0 Å². The first-order chi connectivity index (χ1) is 6.18. The lowest BCUT2D eigenvalue weighted by Gasteiger charge is -2.09. The normalized spacial score (nSPS) is 10.7. The van der Waals surface area contributed by atoms with Crippen molar-refractivity contribution in [3.63, 3.8) is 0 Å². The van der Waals surface area contributed by atoms with Gasteiger partial charge in [0.1, 0.15) is 0 Å². The van der Waals surface area contributed by atoms with Gasteiger partial charge in [-0.15, -0.1) is 0 Å². The van der Waals surface area contributed by atoms with Crippen LogP contribution in [0.3, 0.4) is 0 Å². The first-order valence-corrected chi connectivity index (χ1v) is 4.99. The van der Waals surface area contributed by atoms with E-state index in [9.17, 15) is 4.79 Å². The molecule has 0 heterocycles. The molecule has 0 aromatic carbocycles. The highest BCUT2D eigenvalue weighted by Gasteiger charge is 2.01. The summed E-state index contributed by atoms with van der Waals surface area (Å²) in [5, 5.41) is 0. The summed E-state index contributed by atoms with van der Waals surface area (Å²) >= 11 is 0. The highest BCUT2D eigenvalue weighted by Crippen LogP contribution is 2.04. The average Bonchev–Trinajstić information content (AvgIpc) is 2.10. The van der Waals surface area contributed by atoms with Gasteiger partial charge in [0, 0.05) is 20.5 Å². The van der Waals surface area contributed by atoms with Gasteiger partial charge in [-0.25, -0.2) is 0 Å². The van der Waals surface area contributed by atoms with E-state index < -0.39 is 0 Å². The zero-order chi connectivity index (χ0) is 10.1.